The molecule has 2 heterocycles. The molecule has 0 amide bonds. The summed E-state index contributed by atoms with van der Waals surface area (Å²) in [6, 6.07) is 0. The Labute approximate surface area is 116 Å². The van der Waals surface area contributed by atoms with Gasteiger partial charge in [-0.05, 0) is 5.92 Å². The van der Waals surface area contributed by atoms with Crippen molar-refractivity contribution in [3.05, 3.63) is 12.7 Å². The first-order valence-corrected chi connectivity index (χ1v) is 6.31. The largest absolute Gasteiger partial charge is 0.391 e. The Hall–Kier alpha value is -2.29. The summed E-state index contributed by atoms with van der Waals surface area (Å²) < 4.78 is 1.44. The van der Waals surface area contributed by atoms with Crippen molar-refractivity contribution in [1.82, 2.24) is 29.7 Å². The van der Waals surface area contributed by atoms with Crippen molar-refractivity contribution in [1.29, 1.82) is 0 Å². The third-order valence-corrected chi connectivity index (χ3v) is 2.71. The Morgan fingerprint density at radius 1 is 1.25 bits per heavy atom. The Balaban J connectivity index is 2.18. The average molecular weight is 278 g/mol. The fourth-order valence-electron chi connectivity index (χ4n) is 1.40. The highest BCUT2D eigenvalue weighted by molar-refractivity contribution is 5.37. The molecule has 2 aromatic rings. The van der Waals surface area contributed by atoms with Gasteiger partial charge in [0.05, 0.1) is 6.10 Å². The zero-order chi connectivity index (χ0) is 14.5. The fourth-order valence-corrected chi connectivity index (χ4v) is 1.40. The van der Waals surface area contributed by atoms with Gasteiger partial charge in [-0.2, -0.15) is 24.7 Å². The van der Waals surface area contributed by atoms with Crippen molar-refractivity contribution in [3.63, 3.8) is 0 Å². The van der Waals surface area contributed by atoms with E-state index in [0.717, 1.165) is 0 Å². The number of aromatic nitrogens is 6. The molecule has 9 nitrogen and oxygen atoms in total. The molecule has 3 N–H and O–H groups in total. The first-order chi connectivity index (χ1) is 9.60. The van der Waals surface area contributed by atoms with Crippen molar-refractivity contribution in [2.45, 2.75) is 20.0 Å². The molecule has 0 saturated carbocycles. The summed E-state index contributed by atoms with van der Waals surface area (Å²) in [5, 5.41) is 19.6. The van der Waals surface area contributed by atoms with Crippen molar-refractivity contribution in [2.24, 2.45) is 5.92 Å². The van der Waals surface area contributed by atoms with Crippen LogP contribution in [0.25, 0.3) is 5.95 Å². The van der Waals surface area contributed by atoms with Crippen LogP contribution in [0, 0.1) is 5.92 Å². The molecule has 1 unspecified atom stereocenters. The van der Waals surface area contributed by atoms with E-state index in [0.29, 0.717) is 24.4 Å². The summed E-state index contributed by atoms with van der Waals surface area (Å²) >= 11 is 0. The van der Waals surface area contributed by atoms with Crippen LogP contribution in [0.4, 0.5) is 11.9 Å². The van der Waals surface area contributed by atoms with E-state index < -0.39 is 6.10 Å². The van der Waals surface area contributed by atoms with Gasteiger partial charge in [-0.25, -0.2) is 4.98 Å². The number of aliphatic hydroxyl groups is 1. The molecular weight excluding hydrogens is 260 g/mol. The predicted molar refractivity (Wildman–Crippen MR) is 73.6 cm³/mol. The maximum Gasteiger partial charge on any atom is 0.258 e. The van der Waals surface area contributed by atoms with Crippen LogP contribution in [-0.2, 0) is 0 Å². The first kappa shape index (κ1) is 14.1. The first-order valence-electron chi connectivity index (χ1n) is 6.31. The van der Waals surface area contributed by atoms with E-state index in [2.05, 4.69) is 35.7 Å². The Bertz CT molecular complexity index is 541. The highest BCUT2D eigenvalue weighted by atomic mass is 16.3. The monoisotopic (exact) mass is 278 g/mol. The number of aliphatic hydroxyl groups excluding tert-OH is 1. The van der Waals surface area contributed by atoms with Crippen molar-refractivity contribution < 1.29 is 5.11 Å². The lowest BCUT2D eigenvalue weighted by atomic mass is 10.1. The van der Waals surface area contributed by atoms with Crippen LogP contribution in [0.1, 0.15) is 13.8 Å². The second-order valence-electron chi connectivity index (χ2n) is 4.56. The van der Waals surface area contributed by atoms with Gasteiger partial charge >= 0.3 is 0 Å². The molecular formula is C11H18N8O. The summed E-state index contributed by atoms with van der Waals surface area (Å²) in [4.78, 5) is 16.4. The summed E-state index contributed by atoms with van der Waals surface area (Å²) in [6.07, 6.45) is 2.43. The van der Waals surface area contributed by atoms with E-state index in [-0.39, 0.29) is 5.92 Å². The molecule has 2 aromatic heterocycles. The molecule has 0 aromatic carbocycles. The molecule has 9 heteroatoms. The van der Waals surface area contributed by atoms with Crippen molar-refractivity contribution in [2.75, 3.05) is 24.2 Å². The number of anilines is 2. The minimum Gasteiger partial charge on any atom is -0.391 e. The molecule has 0 aliphatic rings. The van der Waals surface area contributed by atoms with Gasteiger partial charge in [0, 0.05) is 13.6 Å². The second kappa shape index (κ2) is 6.24. The van der Waals surface area contributed by atoms with E-state index in [1.165, 1.54) is 17.3 Å². The Morgan fingerprint density at radius 2 is 2.00 bits per heavy atom. The SMILES string of the molecule is CNc1nc(NCC(O)C(C)C)nc(-n2cncn2)n1. The van der Waals surface area contributed by atoms with Gasteiger partial charge in [0.15, 0.2) is 0 Å². The molecule has 1 atom stereocenters. The molecule has 0 aliphatic heterocycles. The number of nitrogens with zero attached hydrogens (tertiary/aromatic N) is 6. The van der Waals surface area contributed by atoms with Gasteiger partial charge in [0.1, 0.15) is 12.7 Å². The molecule has 0 saturated heterocycles. The van der Waals surface area contributed by atoms with Crippen molar-refractivity contribution in [3.8, 4) is 5.95 Å². The van der Waals surface area contributed by atoms with E-state index in [4.69, 9.17) is 0 Å². The maximum absolute atomic E-state index is 9.79. The van der Waals surface area contributed by atoms with Gasteiger partial charge in [-0.1, -0.05) is 13.8 Å². The molecule has 20 heavy (non-hydrogen) atoms. The van der Waals surface area contributed by atoms with Crippen LogP contribution in [-0.4, -0.2) is 54.5 Å². The lowest BCUT2D eigenvalue weighted by molar-refractivity contribution is 0.137. The van der Waals surface area contributed by atoms with Gasteiger partial charge in [0.25, 0.3) is 5.95 Å². The summed E-state index contributed by atoms with van der Waals surface area (Å²) in [7, 11) is 1.72. The highest BCUT2D eigenvalue weighted by Gasteiger charge is 2.12. The van der Waals surface area contributed by atoms with E-state index in [1.807, 2.05) is 13.8 Å². The number of hydrogen-bond donors (Lipinski definition) is 3. The van der Waals surface area contributed by atoms with E-state index in [9.17, 15) is 5.11 Å². The lowest BCUT2D eigenvalue weighted by Crippen LogP contribution is -2.26. The molecule has 108 valence electrons. The highest BCUT2D eigenvalue weighted by Crippen LogP contribution is 2.09. The summed E-state index contributed by atoms with van der Waals surface area (Å²) in [5.41, 5.74) is 0. The van der Waals surface area contributed by atoms with Crippen molar-refractivity contribution >= 4 is 11.9 Å². The van der Waals surface area contributed by atoms with Gasteiger partial charge in [-0.3, -0.25) is 0 Å². The zero-order valence-corrected chi connectivity index (χ0v) is 11.6. The quantitative estimate of drug-likeness (QED) is 0.672. The van der Waals surface area contributed by atoms with Gasteiger partial charge < -0.3 is 15.7 Å². The lowest BCUT2D eigenvalue weighted by Gasteiger charge is -2.15. The average Bonchev–Trinajstić information content (AvgIpc) is 2.98. The number of rotatable bonds is 6. The number of nitrogens with one attached hydrogen (secondary N) is 2. The van der Waals surface area contributed by atoms with E-state index >= 15 is 0 Å². The van der Waals surface area contributed by atoms with E-state index in [1.54, 1.807) is 7.05 Å². The van der Waals surface area contributed by atoms with Crippen LogP contribution in [0.15, 0.2) is 12.7 Å². The second-order valence-corrected chi connectivity index (χ2v) is 4.56. The minimum absolute atomic E-state index is 0.155. The van der Waals surface area contributed by atoms with Crippen LogP contribution >= 0.6 is 0 Å². The third-order valence-electron chi connectivity index (χ3n) is 2.71. The Morgan fingerprint density at radius 3 is 2.60 bits per heavy atom. The predicted octanol–water partition coefficient (Wildman–Crippen LogP) is -0.0772. The normalized spacial score (nSPS) is 12.4. The summed E-state index contributed by atoms with van der Waals surface area (Å²) in [6.45, 7) is 4.25. The van der Waals surface area contributed by atoms with Crippen LogP contribution < -0.4 is 10.6 Å². The van der Waals surface area contributed by atoms with Crippen LogP contribution in [0.5, 0.6) is 0 Å². The molecule has 0 aliphatic carbocycles. The third kappa shape index (κ3) is 3.38. The van der Waals surface area contributed by atoms with Crippen LogP contribution in [0.2, 0.25) is 0 Å². The smallest absolute Gasteiger partial charge is 0.258 e. The van der Waals surface area contributed by atoms with Gasteiger partial charge in [0.2, 0.25) is 11.9 Å². The number of hydrogen-bond acceptors (Lipinski definition) is 8. The molecule has 0 fully saturated rings. The standard InChI is InChI=1S/C11H18N8O/c1-7(2)8(20)4-14-10-16-9(12-3)17-11(18-10)19-6-13-5-15-19/h5-8,20H,4H2,1-3H3,(H2,12,14,16,17,18). The molecule has 0 bridgehead atoms. The minimum atomic E-state index is -0.473. The zero-order valence-electron chi connectivity index (χ0n) is 11.6. The maximum atomic E-state index is 9.79. The molecule has 2 rings (SSSR count). The van der Waals surface area contributed by atoms with Gasteiger partial charge in [-0.15, -0.1) is 0 Å². The molecule has 0 radical (unpaired) electrons. The Kier molecular flexibility index (Phi) is 4.41. The molecule has 0 spiro atoms. The fraction of sp³-hybridized carbons (Fsp3) is 0.545. The summed E-state index contributed by atoms with van der Waals surface area (Å²) in [5.74, 6) is 1.29. The topological polar surface area (TPSA) is 114 Å². The van der Waals surface area contributed by atoms with Crippen LogP contribution in [0.3, 0.4) is 0 Å².